The average molecular weight is 301 g/mol. The lowest BCUT2D eigenvalue weighted by Crippen LogP contribution is -2.14. The first kappa shape index (κ1) is 9.96. The van der Waals surface area contributed by atoms with E-state index in [0.29, 0.717) is 5.92 Å². The molecule has 74 valence electrons. The zero-order chi connectivity index (χ0) is 10.1. The Balaban J connectivity index is 1.97. The van der Waals surface area contributed by atoms with Crippen LogP contribution in [-0.4, -0.2) is 5.91 Å². The molecule has 1 aliphatic rings. The van der Waals surface area contributed by atoms with Gasteiger partial charge in [0, 0.05) is 15.2 Å². The van der Waals surface area contributed by atoms with Crippen molar-refractivity contribution in [1.29, 1.82) is 0 Å². The Kier molecular flexibility index (Phi) is 2.76. The quantitative estimate of drug-likeness (QED) is 0.836. The molecule has 1 N–H and O–H groups in total. The van der Waals surface area contributed by atoms with E-state index in [1.54, 1.807) is 0 Å². The Morgan fingerprint density at radius 3 is 2.50 bits per heavy atom. The summed E-state index contributed by atoms with van der Waals surface area (Å²) in [6, 6.07) is 7.86. The Morgan fingerprint density at radius 1 is 1.43 bits per heavy atom. The highest BCUT2D eigenvalue weighted by Crippen LogP contribution is 2.38. The van der Waals surface area contributed by atoms with E-state index >= 15 is 0 Å². The molecule has 1 saturated carbocycles. The summed E-state index contributed by atoms with van der Waals surface area (Å²) < 4.78 is 1.18. The van der Waals surface area contributed by atoms with Gasteiger partial charge in [-0.3, -0.25) is 4.79 Å². The second-order valence-electron chi connectivity index (χ2n) is 3.82. The lowest BCUT2D eigenvalue weighted by atomic mass is 10.3. The number of rotatable bonds is 2. The highest BCUT2D eigenvalue weighted by molar-refractivity contribution is 14.1. The smallest absolute Gasteiger partial charge is 0.227 e. The van der Waals surface area contributed by atoms with Crippen LogP contribution in [0.25, 0.3) is 0 Å². The molecule has 0 heterocycles. The zero-order valence-electron chi connectivity index (χ0n) is 7.96. The molecule has 1 aromatic rings. The molecule has 14 heavy (non-hydrogen) atoms. The third-order valence-corrected chi connectivity index (χ3v) is 3.28. The van der Waals surface area contributed by atoms with Gasteiger partial charge in [-0.05, 0) is 59.2 Å². The summed E-state index contributed by atoms with van der Waals surface area (Å²) >= 11 is 2.25. The summed E-state index contributed by atoms with van der Waals surface area (Å²) in [6.45, 7) is 2.11. The van der Waals surface area contributed by atoms with Crippen LogP contribution in [0, 0.1) is 15.4 Å². The molecular formula is C11H12INO. The van der Waals surface area contributed by atoms with E-state index in [9.17, 15) is 4.79 Å². The van der Waals surface area contributed by atoms with Crippen LogP contribution in [0.2, 0.25) is 0 Å². The van der Waals surface area contributed by atoms with Gasteiger partial charge in [-0.15, -0.1) is 0 Å². The Labute approximate surface area is 97.2 Å². The highest BCUT2D eigenvalue weighted by atomic mass is 127. The van der Waals surface area contributed by atoms with Gasteiger partial charge in [-0.2, -0.15) is 0 Å². The fraction of sp³-hybridized carbons (Fsp3) is 0.364. The first-order valence-electron chi connectivity index (χ1n) is 4.73. The van der Waals surface area contributed by atoms with Gasteiger partial charge in [0.05, 0.1) is 0 Å². The number of hydrogen-bond donors (Lipinski definition) is 1. The van der Waals surface area contributed by atoms with E-state index in [0.717, 1.165) is 12.1 Å². The molecule has 3 heteroatoms. The third kappa shape index (κ3) is 2.26. The topological polar surface area (TPSA) is 29.1 Å². The molecule has 2 unspecified atom stereocenters. The van der Waals surface area contributed by atoms with Crippen molar-refractivity contribution < 1.29 is 4.79 Å². The van der Waals surface area contributed by atoms with Crippen molar-refractivity contribution in [2.24, 2.45) is 11.8 Å². The molecule has 1 aromatic carbocycles. The first-order chi connectivity index (χ1) is 6.66. The summed E-state index contributed by atoms with van der Waals surface area (Å²) in [7, 11) is 0. The number of hydrogen-bond acceptors (Lipinski definition) is 1. The molecule has 0 bridgehead atoms. The van der Waals surface area contributed by atoms with Crippen molar-refractivity contribution in [3.8, 4) is 0 Å². The average Bonchev–Trinajstić information content (AvgIpc) is 2.87. The van der Waals surface area contributed by atoms with Crippen LogP contribution in [0.4, 0.5) is 5.69 Å². The lowest BCUT2D eigenvalue weighted by Gasteiger charge is -2.03. The Morgan fingerprint density at radius 2 is 2.00 bits per heavy atom. The number of halogens is 1. The monoisotopic (exact) mass is 301 g/mol. The van der Waals surface area contributed by atoms with Crippen molar-refractivity contribution >= 4 is 34.2 Å². The molecular weight excluding hydrogens is 289 g/mol. The summed E-state index contributed by atoms with van der Waals surface area (Å²) in [5, 5.41) is 2.92. The largest absolute Gasteiger partial charge is 0.326 e. The van der Waals surface area contributed by atoms with Crippen molar-refractivity contribution in [2.75, 3.05) is 5.32 Å². The Bertz CT molecular complexity index is 347. The molecule has 2 atom stereocenters. The maximum Gasteiger partial charge on any atom is 0.227 e. The van der Waals surface area contributed by atoms with Crippen molar-refractivity contribution in [2.45, 2.75) is 13.3 Å². The van der Waals surface area contributed by atoms with Crippen LogP contribution in [0.5, 0.6) is 0 Å². The zero-order valence-corrected chi connectivity index (χ0v) is 10.1. The van der Waals surface area contributed by atoms with Crippen LogP contribution >= 0.6 is 22.6 Å². The van der Waals surface area contributed by atoms with Gasteiger partial charge in [0.15, 0.2) is 0 Å². The maximum absolute atomic E-state index is 11.6. The van der Waals surface area contributed by atoms with Gasteiger partial charge in [0.2, 0.25) is 5.91 Å². The third-order valence-electron chi connectivity index (χ3n) is 2.56. The predicted octanol–water partition coefficient (Wildman–Crippen LogP) is 2.89. The minimum Gasteiger partial charge on any atom is -0.326 e. The standard InChI is InChI=1S/C11H12INO/c1-7-6-10(7)11(14)13-9-4-2-8(12)3-5-9/h2-5,7,10H,6H2,1H3,(H,13,14). The molecule has 1 fully saturated rings. The fourth-order valence-corrected chi connectivity index (χ4v) is 1.82. The van der Waals surface area contributed by atoms with Crippen molar-refractivity contribution in [1.82, 2.24) is 0 Å². The number of nitrogens with one attached hydrogen (secondary N) is 1. The summed E-state index contributed by atoms with van der Waals surface area (Å²) in [5.74, 6) is 0.979. The number of carbonyl (C=O) groups is 1. The maximum atomic E-state index is 11.6. The molecule has 2 nitrogen and oxygen atoms in total. The van der Waals surface area contributed by atoms with Crippen LogP contribution in [0.1, 0.15) is 13.3 Å². The molecule has 2 rings (SSSR count). The molecule has 1 amide bonds. The normalized spacial score (nSPS) is 24.4. The van der Waals surface area contributed by atoms with Gasteiger partial charge in [-0.25, -0.2) is 0 Å². The minimum absolute atomic E-state index is 0.165. The van der Waals surface area contributed by atoms with Gasteiger partial charge in [0.1, 0.15) is 0 Å². The molecule has 1 aliphatic carbocycles. The van der Waals surface area contributed by atoms with Crippen molar-refractivity contribution in [3.05, 3.63) is 27.8 Å². The Hall–Kier alpha value is -0.580. The summed E-state index contributed by atoms with van der Waals surface area (Å²) in [4.78, 5) is 11.6. The van der Waals surface area contributed by atoms with Crippen LogP contribution in [-0.2, 0) is 4.79 Å². The minimum atomic E-state index is 0.165. The van der Waals surface area contributed by atoms with E-state index < -0.39 is 0 Å². The van der Waals surface area contributed by atoms with Gasteiger partial charge in [0.25, 0.3) is 0 Å². The van der Waals surface area contributed by atoms with Gasteiger partial charge in [-0.1, -0.05) is 6.92 Å². The number of anilines is 1. The fourth-order valence-electron chi connectivity index (χ4n) is 1.46. The molecule has 0 radical (unpaired) electrons. The number of benzene rings is 1. The first-order valence-corrected chi connectivity index (χ1v) is 5.81. The molecule has 0 saturated heterocycles. The summed E-state index contributed by atoms with van der Waals surface area (Å²) in [5.41, 5.74) is 0.898. The summed E-state index contributed by atoms with van der Waals surface area (Å²) in [6.07, 6.45) is 1.04. The van der Waals surface area contributed by atoms with Gasteiger partial charge >= 0.3 is 0 Å². The predicted molar refractivity (Wildman–Crippen MR) is 65.1 cm³/mol. The van der Waals surface area contributed by atoms with Crippen LogP contribution < -0.4 is 5.32 Å². The SMILES string of the molecule is CC1CC1C(=O)Nc1ccc(I)cc1. The van der Waals surface area contributed by atoms with Crippen LogP contribution in [0.15, 0.2) is 24.3 Å². The number of carbonyl (C=O) groups excluding carboxylic acids is 1. The van der Waals surface area contributed by atoms with E-state index in [4.69, 9.17) is 0 Å². The van der Waals surface area contributed by atoms with Gasteiger partial charge < -0.3 is 5.32 Å². The molecule has 0 spiro atoms. The molecule has 0 aromatic heterocycles. The number of amides is 1. The van der Waals surface area contributed by atoms with E-state index in [1.165, 1.54) is 3.57 Å². The highest BCUT2D eigenvalue weighted by Gasteiger charge is 2.38. The van der Waals surface area contributed by atoms with E-state index in [1.807, 2.05) is 24.3 Å². The van der Waals surface area contributed by atoms with Crippen molar-refractivity contribution in [3.63, 3.8) is 0 Å². The second kappa shape index (κ2) is 3.88. The van der Waals surface area contributed by atoms with Crippen LogP contribution in [0.3, 0.4) is 0 Å². The second-order valence-corrected chi connectivity index (χ2v) is 5.06. The van der Waals surface area contributed by atoms with E-state index in [2.05, 4.69) is 34.8 Å². The lowest BCUT2D eigenvalue weighted by molar-refractivity contribution is -0.117. The molecule has 0 aliphatic heterocycles. The van der Waals surface area contributed by atoms with E-state index in [-0.39, 0.29) is 11.8 Å².